The van der Waals surface area contributed by atoms with Gasteiger partial charge in [-0.15, -0.1) is 0 Å². The second-order valence-corrected chi connectivity index (χ2v) is 7.88. The van der Waals surface area contributed by atoms with Crippen LogP contribution in [0, 0.1) is 5.82 Å². The van der Waals surface area contributed by atoms with Gasteiger partial charge >= 0.3 is 0 Å². The molecule has 0 bridgehead atoms. The molecule has 4 rings (SSSR count). The number of anilines is 2. The average Bonchev–Trinajstić information content (AvgIpc) is 2.81. The first kappa shape index (κ1) is 23.0. The van der Waals surface area contributed by atoms with Crippen LogP contribution in [0.4, 0.5) is 15.9 Å². The quantitative estimate of drug-likeness (QED) is 0.446. The lowest BCUT2D eigenvalue weighted by Gasteiger charge is -2.23. The monoisotopic (exact) mass is 441 g/mol. The Bertz CT molecular complexity index is 976. The summed E-state index contributed by atoms with van der Waals surface area (Å²) in [6, 6.07) is 11.0. The van der Waals surface area contributed by atoms with Crippen LogP contribution in [-0.4, -0.2) is 23.1 Å². The van der Waals surface area contributed by atoms with E-state index in [0.717, 1.165) is 28.2 Å². The Hall–Kier alpha value is -2.70. The van der Waals surface area contributed by atoms with Crippen LogP contribution in [0.25, 0.3) is 11.1 Å². The number of hydrogen-bond acceptors (Lipinski definition) is 5. The van der Waals surface area contributed by atoms with Gasteiger partial charge < -0.3 is 16.4 Å². The highest BCUT2D eigenvalue weighted by atomic mass is 35.5. The first-order chi connectivity index (χ1) is 15.2. The molecule has 0 unspecified atom stereocenters. The number of nitrogens with one attached hydrogen (secondary N) is 2. The number of nitrogens with zero attached hydrogens (tertiary/aromatic N) is 2. The molecule has 31 heavy (non-hydrogen) atoms. The fraction of sp³-hybridized carbons (Fsp3) is 0.333. The third-order valence-electron chi connectivity index (χ3n) is 5.25. The highest BCUT2D eigenvalue weighted by Gasteiger charge is 2.15. The molecule has 1 fully saturated rings. The van der Waals surface area contributed by atoms with E-state index in [1.165, 1.54) is 51.3 Å². The van der Waals surface area contributed by atoms with Crippen molar-refractivity contribution in [1.29, 1.82) is 0 Å². The normalized spacial score (nSPS) is 13.8. The van der Waals surface area contributed by atoms with Gasteiger partial charge in [0.15, 0.2) is 0 Å². The van der Waals surface area contributed by atoms with E-state index in [2.05, 4.69) is 26.3 Å². The summed E-state index contributed by atoms with van der Waals surface area (Å²) in [5.41, 5.74) is 8.02. The third kappa shape index (κ3) is 6.64. The van der Waals surface area contributed by atoms with Gasteiger partial charge in [-0.25, -0.2) is 9.37 Å². The number of nitrogens with two attached hydrogens (primary N) is 1. The molecule has 3 aromatic rings. The van der Waals surface area contributed by atoms with E-state index < -0.39 is 0 Å². The number of hydrogen-bond donors (Lipinski definition) is 3. The van der Waals surface area contributed by atoms with Crippen molar-refractivity contribution in [3.63, 3.8) is 0 Å². The van der Waals surface area contributed by atoms with E-state index in [4.69, 9.17) is 11.6 Å². The molecule has 1 saturated carbocycles. The molecular weight excluding hydrogens is 413 g/mol. The van der Waals surface area contributed by atoms with E-state index in [1.807, 2.05) is 18.2 Å². The molecule has 2 heterocycles. The maximum atomic E-state index is 13.4. The molecule has 0 saturated heterocycles. The lowest BCUT2D eigenvalue weighted by atomic mass is 9.95. The lowest BCUT2D eigenvalue weighted by molar-refractivity contribution is 0.462. The van der Waals surface area contributed by atoms with Gasteiger partial charge in [0, 0.05) is 42.3 Å². The van der Waals surface area contributed by atoms with Crippen molar-refractivity contribution in [2.75, 3.05) is 17.7 Å². The Morgan fingerprint density at radius 2 is 1.87 bits per heavy atom. The van der Waals surface area contributed by atoms with E-state index in [-0.39, 0.29) is 5.82 Å². The first-order valence-electron chi connectivity index (χ1n) is 10.6. The van der Waals surface area contributed by atoms with Crippen LogP contribution < -0.4 is 16.4 Å². The number of aromatic nitrogens is 2. The maximum Gasteiger partial charge on any atom is 0.126 e. The summed E-state index contributed by atoms with van der Waals surface area (Å²) in [4.78, 5) is 8.79. The van der Waals surface area contributed by atoms with Gasteiger partial charge in [0.2, 0.25) is 0 Å². The number of rotatable bonds is 6. The van der Waals surface area contributed by atoms with Gasteiger partial charge in [-0.05, 0) is 49.7 Å². The summed E-state index contributed by atoms with van der Waals surface area (Å²) in [6.45, 7) is 0.515. The molecule has 0 amide bonds. The Kier molecular flexibility index (Phi) is 8.62. The minimum Gasteiger partial charge on any atom is -0.380 e. The number of benzene rings is 1. The average molecular weight is 442 g/mol. The predicted molar refractivity (Wildman–Crippen MR) is 127 cm³/mol. The summed E-state index contributed by atoms with van der Waals surface area (Å²) >= 11 is 6.44. The van der Waals surface area contributed by atoms with Crippen LogP contribution in [-0.2, 0) is 6.54 Å². The summed E-state index contributed by atoms with van der Waals surface area (Å²) in [5, 5.41) is 7.42. The first-order valence-corrected chi connectivity index (χ1v) is 11.0. The van der Waals surface area contributed by atoms with Crippen LogP contribution in [0.3, 0.4) is 0 Å². The Labute approximate surface area is 188 Å². The maximum absolute atomic E-state index is 13.4. The number of pyridine rings is 2. The van der Waals surface area contributed by atoms with E-state index in [1.54, 1.807) is 24.7 Å². The van der Waals surface area contributed by atoms with Crippen molar-refractivity contribution in [2.24, 2.45) is 5.73 Å². The molecule has 0 spiro atoms. The van der Waals surface area contributed by atoms with Crippen LogP contribution in [0.1, 0.15) is 37.7 Å². The molecule has 7 heteroatoms. The molecule has 4 N–H and O–H groups in total. The SMILES string of the molecule is CN.Fc1cccc(CNc2cncc(-c3cc(NC4CCCCC4)ncc3Cl)c2)c1. The van der Waals surface area contributed by atoms with E-state index >= 15 is 0 Å². The Balaban J connectivity index is 0.00000132. The van der Waals surface area contributed by atoms with Crippen molar-refractivity contribution in [1.82, 2.24) is 9.97 Å². The molecule has 0 atom stereocenters. The minimum atomic E-state index is -0.238. The zero-order valence-corrected chi connectivity index (χ0v) is 18.5. The number of halogens is 2. The minimum absolute atomic E-state index is 0.238. The van der Waals surface area contributed by atoms with Crippen LogP contribution in [0.5, 0.6) is 0 Å². The molecule has 1 aliphatic rings. The zero-order chi connectivity index (χ0) is 22.1. The fourth-order valence-electron chi connectivity index (χ4n) is 3.73. The van der Waals surface area contributed by atoms with E-state index in [0.29, 0.717) is 17.6 Å². The van der Waals surface area contributed by atoms with Gasteiger partial charge in [0.25, 0.3) is 0 Å². The van der Waals surface area contributed by atoms with E-state index in [9.17, 15) is 4.39 Å². The zero-order valence-electron chi connectivity index (χ0n) is 17.7. The van der Waals surface area contributed by atoms with Crippen molar-refractivity contribution in [2.45, 2.75) is 44.7 Å². The molecule has 164 valence electrons. The van der Waals surface area contributed by atoms with Crippen molar-refractivity contribution in [3.8, 4) is 11.1 Å². The summed E-state index contributed by atoms with van der Waals surface area (Å²) in [7, 11) is 1.50. The van der Waals surface area contributed by atoms with Crippen LogP contribution >= 0.6 is 11.6 Å². The standard InChI is InChI=1S/C23H24ClFN4.CH5N/c24-22-15-28-23(29-19-7-2-1-3-8-19)11-21(22)17-10-20(14-26-13-17)27-12-16-5-4-6-18(25)9-16;1-2/h4-6,9-11,13-15,19,27H,1-3,7-8,12H2,(H,28,29);2H2,1H3. The second-order valence-electron chi connectivity index (χ2n) is 7.47. The Morgan fingerprint density at radius 3 is 2.65 bits per heavy atom. The largest absolute Gasteiger partial charge is 0.380 e. The van der Waals surface area contributed by atoms with Gasteiger partial charge in [-0.3, -0.25) is 4.98 Å². The third-order valence-corrected chi connectivity index (χ3v) is 5.55. The van der Waals surface area contributed by atoms with Gasteiger partial charge in [0.05, 0.1) is 10.7 Å². The van der Waals surface area contributed by atoms with Crippen LogP contribution in [0.2, 0.25) is 5.02 Å². The molecular formula is C24H29ClFN5. The second kappa shape index (κ2) is 11.6. The molecule has 2 aromatic heterocycles. The lowest BCUT2D eigenvalue weighted by Crippen LogP contribution is -2.22. The molecule has 1 aromatic carbocycles. The highest BCUT2D eigenvalue weighted by Crippen LogP contribution is 2.31. The summed E-state index contributed by atoms with van der Waals surface area (Å²) in [6.07, 6.45) is 11.4. The molecule has 1 aliphatic carbocycles. The topological polar surface area (TPSA) is 75.9 Å². The highest BCUT2D eigenvalue weighted by molar-refractivity contribution is 6.33. The van der Waals surface area contributed by atoms with Gasteiger partial charge in [-0.2, -0.15) is 0 Å². The van der Waals surface area contributed by atoms with Crippen molar-refractivity contribution >= 4 is 23.1 Å². The van der Waals surface area contributed by atoms with Crippen molar-refractivity contribution < 1.29 is 4.39 Å². The van der Waals surface area contributed by atoms with Crippen molar-refractivity contribution in [3.05, 3.63) is 71.4 Å². The molecule has 0 radical (unpaired) electrons. The fourth-order valence-corrected chi connectivity index (χ4v) is 3.94. The molecule has 0 aliphatic heterocycles. The van der Waals surface area contributed by atoms with Gasteiger partial charge in [0.1, 0.15) is 11.6 Å². The Morgan fingerprint density at radius 1 is 1.06 bits per heavy atom. The summed E-state index contributed by atoms with van der Waals surface area (Å²) < 4.78 is 13.4. The van der Waals surface area contributed by atoms with Gasteiger partial charge in [-0.1, -0.05) is 43.0 Å². The molecule has 5 nitrogen and oxygen atoms in total. The van der Waals surface area contributed by atoms with Crippen LogP contribution in [0.15, 0.2) is 55.0 Å². The summed E-state index contributed by atoms with van der Waals surface area (Å²) in [5.74, 6) is 0.604. The predicted octanol–water partition coefficient (Wildman–Crippen LogP) is 5.87. The smallest absolute Gasteiger partial charge is 0.126 e.